The van der Waals surface area contributed by atoms with E-state index in [0.717, 1.165) is 45.9 Å². The fraction of sp³-hybridized carbons (Fsp3) is 0.364. The average molecular weight is 664 g/mol. The number of hydrazone groups is 1. The minimum Gasteiger partial charge on any atom is -0.321 e. The number of rotatable bonds is 8. The summed E-state index contributed by atoms with van der Waals surface area (Å²) in [5.74, 6) is -0.627. The number of halogens is 1. The Hall–Kier alpha value is -3.08. The second-order valence-corrected chi connectivity index (χ2v) is 12.3. The largest absolute Gasteiger partial charge is 0.321 e. The predicted molar refractivity (Wildman–Crippen MR) is 174 cm³/mol. The lowest BCUT2D eigenvalue weighted by molar-refractivity contribution is 0.0896. The summed E-state index contributed by atoms with van der Waals surface area (Å²) in [6, 6.07) is 21.8. The number of likely N-dealkylation sites (tertiary alicyclic amines) is 2. The van der Waals surface area contributed by atoms with Crippen LogP contribution >= 0.6 is 22.6 Å². The Morgan fingerprint density at radius 3 is 2.44 bits per heavy atom. The van der Waals surface area contributed by atoms with Crippen molar-refractivity contribution in [3.8, 4) is 0 Å². The number of hydrogen-bond acceptors (Lipinski definition) is 5. The molecule has 2 aliphatic heterocycles. The summed E-state index contributed by atoms with van der Waals surface area (Å²) >= 11 is 2.16. The van der Waals surface area contributed by atoms with Crippen LogP contribution in [0.4, 0.5) is 5.69 Å². The Balaban J connectivity index is 1.19. The van der Waals surface area contributed by atoms with Crippen LogP contribution in [0.2, 0.25) is 0 Å². The Kier molecular flexibility index (Phi) is 10.2. The number of hydrogen-bond donors (Lipinski definition) is 2. The van der Waals surface area contributed by atoms with Gasteiger partial charge in [0.25, 0.3) is 11.8 Å². The van der Waals surface area contributed by atoms with Gasteiger partial charge in [-0.15, -0.1) is 0 Å². The lowest BCUT2D eigenvalue weighted by Gasteiger charge is -2.40. The van der Waals surface area contributed by atoms with Crippen LogP contribution in [-0.2, 0) is 6.54 Å². The van der Waals surface area contributed by atoms with Gasteiger partial charge >= 0.3 is 0 Å². The zero-order valence-electron chi connectivity index (χ0n) is 23.6. The molecule has 2 amide bonds. The Bertz CT molecular complexity index is 1380. The highest BCUT2D eigenvalue weighted by molar-refractivity contribution is 14.1. The van der Waals surface area contributed by atoms with Crippen molar-refractivity contribution < 1.29 is 9.59 Å². The third-order valence-corrected chi connectivity index (χ3v) is 8.66. The van der Waals surface area contributed by atoms with Crippen molar-refractivity contribution in [1.82, 2.24) is 15.2 Å². The topological polar surface area (TPSA) is 77.0 Å². The molecule has 2 saturated heterocycles. The fourth-order valence-electron chi connectivity index (χ4n) is 5.68. The molecule has 0 radical (unpaired) electrons. The van der Waals surface area contributed by atoms with E-state index in [1.807, 2.05) is 55.5 Å². The molecule has 0 saturated carbocycles. The molecular weight excluding hydrogens is 625 g/mol. The number of carbonyl (C=O) groups is 2. The van der Waals surface area contributed by atoms with Gasteiger partial charge in [0.05, 0.1) is 17.5 Å². The molecule has 2 fully saturated rings. The molecule has 8 heteroatoms. The number of carbonyl (C=O) groups excluding carboxylic acids is 2. The molecule has 0 spiro atoms. The number of aryl methyl sites for hydroxylation is 1. The average Bonchev–Trinajstić information content (AvgIpc) is 3.00. The van der Waals surface area contributed by atoms with E-state index >= 15 is 0 Å². The molecule has 0 aromatic heterocycles. The maximum Gasteiger partial charge on any atom is 0.273 e. The molecule has 3 aromatic rings. The third kappa shape index (κ3) is 8.24. The molecule has 3 aromatic carbocycles. The Morgan fingerprint density at radius 2 is 1.68 bits per heavy atom. The van der Waals surface area contributed by atoms with E-state index in [9.17, 15) is 9.59 Å². The first kappa shape index (κ1) is 29.4. The first-order valence-corrected chi connectivity index (χ1v) is 15.6. The van der Waals surface area contributed by atoms with Gasteiger partial charge in [-0.1, -0.05) is 48.4 Å². The van der Waals surface area contributed by atoms with Crippen molar-refractivity contribution in [3.63, 3.8) is 0 Å². The van der Waals surface area contributed by atoms with Gasteiger partial charge in [0.1, 0.15) is 0 Å². The first-order chi connectivity index (χ1) is 19.9. The Labute approximate surface area is 256 Å². The van der Waals surface area contributed by atoms with E-state index in [4.69, 9.17) is 0 Å². The number of anilines is 1. The van der Waals surface area contributed by atoms with Gasteiger partial charge in [0.2, 0.25) is 0 Å². The van der Waals surface area contributed by atoms with Crippen LogP contribution in [0.1, 0.15) is 69.5 Å². The number of benzene rings is 3. The monoisotopic (exact) mass is 663 g/mol. The smallest absolute Gasteiger partial charge is 0.273 e. The second kappa shape index (κ2) is 14.2. The number of piperidine rings is 2. The summed E-state index contributed by atoms with van der Waals surface area (Å²) in [7, 11) is 0. The van der Waals surface area contributed by atoms with Gasteiger partial charge in [0.15, 0.2) is 0 Å². The number of nitrogens with zero attached hydrogens (tertiary/aromatic N) is 3. The van der Waals surface area contributed by atoms with Crippen molar-refractivity contribution in [2.45, 2.75) is 51.6 Å². The normalized spacial score (nSPS) is 17.0. The molecule has 0 aliphatic carbocycles. The standard InChI is InChI=1S/C33H38IN5O2/c1-24-8-10-25(11-9-24)22-35-37-33(41)30-21-28(34)12-13-31(30)36-32(40)27-7-5-6-26(20-27)23-38-18-14-29(15-19-38)39-16-3-2-4-17-39/h5-13,20-22,29H,2-4,14-19,23H2,1H3,(H,36,40)(H,37,41). The summed E-state index contributed by atoms with van der Waals surface area (Å²) < 4.78 is 0.888. The zero-order chi connectivity index (χ0) is 28.6. The van der Waals surface area contributed by atoms with Gasteiger partial charge in [-0.25, -0.2) is 5.43 Å². The summed E-state index contributed by atoms with van der Waals surface area (Å²) in [5.41, 5.74) is 7.14. The lowest BCUT2D eigenvalue weighted by atomic mass is 9.99. The highest BCUT2D eigenvalue weighted by atomic mass is 127. The third-order valence-electron chi connectivity index (χ3n) is 7.99. The van der Waals surface area contributed by atoms with Crippen LogP contribution in [0.25, 0.3) is 0 Å². The summed E-state index contributed by atoms with van der Waals surface area (Å²) in [5, 5.41) is 7.06. The van der Waals surface area contributed by atoms with Crippen LogP contribution in [0.3, 0.4) is 0 Å². The Morgan fingerprint density at radius 1 is 0.927 bits per heavy atom. The van der Waals surface area contributed by atoms with Crippen LogP contribution in [-0.4, -0.2) is 60.0 Å². The minimum atomic E-state index is -0.385. The quantitative estimate of drug-likeness (QED) is 0.175. The molecule has 0 atom stereocenters. The van der Waals surface area contributed by atoms with E-state index in [0.29, 0.717) is 16.8 Å². The van der Waals surface area contributed by atoms with Crippen molar-refractivity contribution in [1.29, 1.82) is 0 Å². The summed E-state index contributed by atoms with van der Waals surface area (Å²) in [6.07, 6.45) is 8.09. The van der Waals surface area contributed by atoms with Crippen LogP contribution < -0.4 is 10.7 Å². The molecule has 0 unspecified atom stereocenters. The van der Waals surface area contributed by atoms with Crippen LogP contribution in [0.15, 0.2) is 71.8 Å². The number of nitrogens with one attached hydrogen (secondary N) is 2. The highest BCUT2D eigenvalue weighted by Crippen LogP contribution is 2.23. The molecular formula is C33H38IN5O2. The molecule has 2 N–H and O–H groups in total. The minimum absolute atomic E-state index is 0.242. The van der Waals surface area contributed by atoms with Gasteiger partial charge in [-0.2, -0.15) is 5.10 Å². The van der Waals surface area contributed by atoms with Crippen molar-refractivity contribution in [2.24, 2.45) is 5.10 Å². The summed E-state index contributed by atoms with van der Waals surface area (Å²) in [4.78, 5) is 31.5. The molecule has 41 heavy (non-hydrogen) atoms. The van der Waals surface area contributed by atoms with Crippen LogP contribution in [0.5, 0.6) is 0 Å². The molecule has 214 valence electrons. The van der Waals surface area contributed by atoms with Gasteiger partial charge in [-0.3, -0.25) is 14.5 Å². The predicted octanol–water partition coefficient (Wildman–Crippen LogP) is 6.07. The van der Waals surface area contributed by atoms with E-state index in [1.165, 1.54) is 45.2 Å². The fourth-order valence-corrected chi connectivity index (χ4v) is 6.17. The molecule has 0 bridgehead atoms. The SMILES string of the molecule is Cc1ccc(C=NNC(=O)c2cc(I)ccc2NC(=O)c2cccc(CN3CCC(N4CCCCC4)CC3)c2)cc1. The molecule has 5 rings (SSSR count). The van der Waals surface area contributed by atoms with Gasteiger partial charge in [0, 0.05) is 21.7 Å². The van der Waals surface area contributed by atoms with E-state index < -0.39 is 0 Å². The lowest BCUT2D eigenvalue weighted by Crippen LogP contribution is -2.46. The van der Waals surface area contributed by atoms with Crippen molar-refractivity contribution >= 4 is 46.3 Å². The van der Waals surface area contributed by atoms with Crippen molar-refractivity contribution in [2.75, 3.05) is 31.5 Å². The van der Waals surface area contributed by atoms with E-state index in [1.54, 1.807) is 18.3 Å². The van der Waals surface area contributed by atoms with E-state index in [-0.39, 0.29) is 11.8 Å². The van der Waals surface area contributed by atoms with Gasteiger partial charge in [-0.05, 0) is 123 Å². The maximum absolute atomic E-state index is 13.3. The first-order valence-electron chi connectivity index (χ1n) is 14.5. The zero-order valence-corrected chi connectivity index (χ0v) is 25.8. The molecule has 2 heterocycles. The number of amides is 2. The molecule has 2 aliphatic rings. The molecule has 7 nitrogen and oxygen atoms in total. The second-order valence-electron chi connectivity index (χ2n) is 11.1. The van der Waals surface area contributed by atoms with Crippen LogP contribution in [0, 0.1) is 10.5 Å². The highest BCUT2D eigenvalue weighted by Gasteiger charge is 2.25. The summed E-state index contributed by atoms with van der Waals surface area (Å²) in [6.45, 7) is 7.55. The van der Waals surface area contributed by atoms with Gasteiger partial charge < -0.3 is 10.2 Å². The van der Waals surface area contributed by atoms with Crippen molar-refractivity contribution in [3.05, 3.63) is 98.1 Å². The maximum atomic E-state index is 13.3. The van der Waals surface area contributed by atoms with E-state index in [2.05, 4.69) is 54.3 Å².